The Bertz CT molecular complexity index is 1160. The number of nitrogens with one attached hydrogen (secondary N) is 1. The zero-order valence-corrected chi connectivity index (χ0v) is 20.5. The molecular weight excluding hydrogens is 504 g/mol. The Morgan fingerprint density at radius 2 is 1.81 bits per heavy atom. The number of alkyl halides is 3. The Balaban J connectivity index is 1.57. The van der Waals surface area contributed by atoms with Gasteiger partial charge in [-0.15, -0.1) is 0 Å². The van der Waals surface area contributed by atoms with Crippen molar-refractivity contribution in [1.29, 1.82) is 0 Å². The molecule has 0 amide bonds. The van der Waals surface area contributed by atoms with Crippen LogP contribution in [0.5, 0.6) is 0 Å². The summed E-state index contributed by atoms with van der Waals surface area (Å²) < 4.78 is 89.6. The summed E-state index contributed by atoms with van der Waals surface area (Å²) in [5.41, 5.74) is -0.861. The highest BCUT2D eigenvalue weighted by Gasteiger charge is 2.37. The van der Waals surface area contributed by atoms with E-state index in [1.165, 1.54) is 24.7 Å². The van der Waals surface area contributed by atoms with Crippen molar-refractivity contribution in [2.45, 2.75) is 25.1 Å². The van der Waals surface area contributed by atoms with Gasteiger partial charge in [0.25, 0.3) is 0 Å². The zero-order valence-electron chi connectivity index (χ0n) is 19.7. The molecule has 2 aromatic rings. The molecule has 36 heavy (non-hydrogen) atoms. The lowest BCUT2D eigenvalue weighted by atomic mass is 9.82. The molecule has 2 aliphatic heterocycles. The maximum absolute atomic E-state index is 15.6. The molecule has 13 heteroatoms. The SMILES string of the molecule is CS(=O)(=O)CC1(CNc2ncnc(N3CCOCC3c3ccc(C(F)(F)F)cc3)c2F)CCOCC1. The third-order valence-corrected chi connectivity index (χ3v) is 7.68. The molecule has 1 atom stereocenters. The van der Waals surface area contributed by atoms with E-state index in [-0.39, 0.29) is 37.1 Å². The van der Waals surface area contributed by atoms with Crippen molar-refractivity contribution < 1.29 is 35.5 Å². The first kappa shape index (κ1) is 26.6. The molecule has 0 bridgehead atoms. The first-order chi connectivity index (χ1) is 17.0. The van der Waals surface area contributed by atoms with Crippen molar-refractivity contribution in [1.82, 2.24) is 9.97 Å². The van der Waals surface area contributed by atoms with E-state index >= 15 is 4.39 Å². The van der Waals surface area contributed by atoms with Crippen molar-refractivity contribution in [2.75, 3.05) is 61.7 Å². The fraction of sp³-hybridized carbons (Fsp3) is 0.565. The van der Waals surface area contributed by atoms with Gasteiger partial charge < -0.3 is 19.7 Å². The largest absolute Gasteiger partial charge is 0.416 e. The van der Waals surface area contributed by atoms with Crippen LogP contribution >= 0.6 is 0 Å². The highest BCUT2D eigenvalue weighted by Crippen LogP contribution is 2.36. The predicted octanol–water partition coefficient (Wildman–Crippen LogP) is 3.47. The van der Waals surface area contributed by atoms with E-state index in [4.69, 9.17) is 9.47 Å². The number of nitrogens with zero attached hydrogens (tertiary/aromatic N) is 3. The molecule has 198 valence electrons. The summed E-state index contributed by atoms with van der Waals surface area (Å²) >= 11 is 0. The molecule has 1 aromatic heterocycles. The summed E-state index contributed by atoms with van der Waals surface area (Å²) in [6, 6.07) is 4.13. The van der Waals surface area contributed by atoms with Gasteiger partial charge in [0, 0.05) is 38.0 Å². The second-order valence-electron chi connectivity index (χ2n) is 9.30. The van der Waals surface area contributed by atoms with Gasteiger partial charge in [-0.1, -0.05) is 12.1 Å². The normalized spacial score (nSPS) is 20.8. The summed E-state index contributed by atoms with van der Waals surface area (Å²) in [7, 11) is -3.29. The number of sulfone groups is 1. The standard InChI is InChI=1S/C23H28F4N4O4S/c1-36(32,33)14-22(6-9-34-10-7-22)13-28-20-19(24)21(30-15-29-20)31-8-11-35-12-18(31)16-2-4-17(5-3-16)23(25,26)27/h2-5,15,18H,6-14H2,1H3,(H,28,29,30). The monoisotopic (exact) mass is 532 g/mol. The second kappa shape index (κ2) is 10.5. The predicted molar refractivity (Wildman–Crippen MR) is 125 cm³/mol. The Morgan fingerprint density at radius 1 is 1.11 bits per heavy atom. The molecule has 4 rings (SSSR count). The van der Waals surface area contributed by atoms with Crippen LogP contribution in [0.4, 0.5) is 29.2 Å². The van der Waals surface area contributed by atoms with E-state index < -0.39 is 38.9 Å². The Labute approximate surface area is 206 Å². The average Bonchev–Trinajstić information content (AvgIpc) is 2.83. The van der Waals surface area contributed by atoms with Crippen LogP contribution in [0, 0.1) is 11.2 Å². The van der Waals surface area contributed by atoms with E-state index in [2.05, 4.69) is 15.3 Å². The summed E-state index contributed by atoms with van der Waals surface area (Å²) in [6.45, 7) is 1.72. The molecule has 2 aliphatic rings. The zero-order chi connectivity index (χ0) is 26.0. The molecule has 2 saturated heterocycles. The molecule has 1 unspecified atom stereocenters. The van der Waals surface area contributed by atoms with E-state index in [1.807, 2.05) is 0 Å². The Morgan fingerprint density at radius 3 is 2.44 bits per heavy atom. The molecule has 1 N–H and O–H groups in total. The summed E-state index contributed by atoms with van der Waals surface area (Å²) in [5.74, 6) is -0.866. The van der Waals surface area contributed by atoms with Crippen molar-refractivity contribution in [3.8, 4) is 0 Å². The average molecular weight is 533 g/mol. The van der Waals surface area contributed by atoms with E-state index in [9.17, 15) is 21.6 Å². The lowest BCUT2D eigenvalue weighted by molar-refractivity contribution is -0.137. The molecule has 2 fully saturated rings. The molecule has 3 heterocycles. The Hall–Kier alpha value is -2.51. The van der Waals surface area contributed by atoms with E-state index in [0.29, 0.717) is 38.2 Å². The highest BCUT2D eigenvalue weighted by molar-refractivity contribution is 7.90. The van der Waals surface area contributed by atoms with Crippen LogP contribution in [0.15, 0.2) is 30.6 Å². The van der Waals surface area contributed by atoms with Crippen molar-refractivity contribution in [3.63, 3.8) is 0 Å². The lowest BCUT2D eigenvalue weighted by Crippen LogP contribution is -2.42. The number of rotatable bonds is 7. The molecular formula is C23H28F4N4O4S. The fourth-order valence-corrected chi connectivity index (χ4v) is 6.22. The molecule has 0 radical (unpaired) electrons. The first-order valence-electron chi connectivity index (χ1n) is 11.5. The Kier molecular flexibility index (Phi) is 7.72. The van der Waals surface area contributed by atoms with Gasteiger partial charge in [-0.25, -0.2) is 18.4 Å². The van der Waals surface area contributed by atoms with Gasteiger partial charge >= 0.3 is 6.18 Å². The lowest BCUT2D eigenvalue weighted by Gasteiger charge is -2.38. The van der Waals surface area contributed by atoms with Crippen molar-refractivity contribution in [2.24, 2.45) is 5.41 Å². The van der Waals surface area contributed by atoms with Gasteiger partial charge in [-0.2, -0.15) is 17.6 Å². The van der Waals surface area contributed by atoms with Crippen LogP contribution in [0.3, 0.4) is 0 Å². The van der Waals surface area contributed by atoms with Crippen LogP contribution in [0.2, 0.25) is 0 Å². The minimum absolute atomic E-state index is 0.00941. The number of aromatic nitrogens is 2. The maximum Gasteiger partial charge on any atom is 0.416 e. The third-order valence-electron chi connectivity index (χ3n) is 6.55. The number of ether oxygens (including phenoxy) is 2. The second-order valence-corrected chi connectivity index (χ2v) is 11.4. The fourth-order valence-electron chi connectivity index (χ4n) is 4.72. The van der Waals surface area contributed by atoms with Crippen LogP contribution in [-0.2, 0) is 25.5 Å². The van der Waals surface area contributed by atoms with E-state index in [0.717, 1.165) is 12.1 Å². The van der Waals surface area contributed by atoms with Crippen molar-refractivity contribution >= 4 is 21.5 Å². The molecule has 1 aromatic carbocycles. The number of anilines is 2. The smallest absolute Gasteiger partial charge is 0.381 e. The number of hydrogen-bond acceptors (Lipinski definition) is 8. The number of halogens is 4. The highest BCUT2D eigenvalue weighted by atomic mass is 32.2. The molecule has 8 nitrogen and oxygen atoms in total. The molecule has 0 saturated carbocycles. The minimum atomic E-state index is -4.46. The van der Waals surface area contributed by atoms with Gasteiger partial charge in [0.2, 0.25) is 5.82 Å². The van der Waals surface area contributed by atoms with Gasteiger partial charge in [0.1, 0.15) is 16.2 Å². The summed E-state index contributed by atoms with van der Waals surface area (Å²) in [5, 5.41) is 2.98. The topological polar surface area (TPSA) is 93.7 Å². The quantitative estimate of drug-likeness (QED) is 0.542. The van der Waals surface area contributed by atoms with Gasteiger partial charge in [0.15, 0.2) is 11.6 Å². The van der Waals surface area contributed by atoms with Crippen LogP contribution < -0.4 is 10.2 Å². The summed E-state index contributed by atoms with van der Waals surface area (Å²) in [6.07, 6.45) is -1.07. The van der Waals surface area contributed by atoms with Gasteiger partial charge in [0.05, 0.1) is 30.6 Å². The van der Waals surface area contributed by atoms with Crippen molar-refractivity contribution in [3.05, 3.63) is 47.5 Å². The first-order valence-corrected chi connectivity index (χ1v) is 13.5. The molecule has 0 spiro atoms. The third kappa shape index (κ3) is 6.24. The minimum Gasteiger partial charge on any atom is -0.381 e. The van der Waals surface area contributed by atoms with E-state index in [1.54, 1.807) is 4.90 Å². The molecule has 0 aliphatic carbocycles. The van der Waals surface area contributed by atoms with Gasteiger partial charge in [-0.3, -0.25) is 0 Å². The number of hydrogen-bond donors (Lipinski definition) is 1. The number of morpholine rings is 1. The van der Waals surface area contributed by atoms with Crippen LogP contribution in [-0.4, -0.2) is 69.9 Å². The van der Waals surface area contributed by atoms with Crippen LogP contribution in [0.25, 0.3) is 0 Å². The van der Waals surface area contributed by atoms with Gasteiger partial charge in [-0.05, 0) is 30.5 Å². The van der Waals surface area contributed by atoms with Crippen LogP contribution in [0.1, 0.15) is 30.0 Å². The number of benzene rings is 1. The summed E-state index contributed by atoms with van der Waals surface area (Å²) in [4.78, 5) is 9.78. The maximum atomic E-state index is 15.6.